The molecule has 3 N–H and O–H groups in total. The molecule has 3 atom stereocenters. The van der Waals surface area contributed by atoms with Crippen molar-refractivity contribution in [2.24, 2.45) is 5.41 Å². The van der Waals surface area contributed by atoms with Crippen LogP contribution in [0.1, 0.15) is 35.2 Å². The van der Waals surface area contributed by atoms with E-state index in [1.54, 1.807) is 18.3 Å². The first-order valence-electron chi connectivity index (χ1n) is 8.82. The normalized spacial score (nSPS) is 27.6. The van der Waals surface area contributed by atoms with Gasteiger partial charge in [-0.15, -0.1) is 0 Å². The summed E-state index contributed by atoms with van der Waals surface area (Å²) in [6.07, 6.45) is 5.19. The lowest BCUT2D eigenvalue weighted by Gasteiger charge is -2.36. The Morgan fingerprint density at radius 1 is 1.28 bits per heavy atom. The van der Waals surface area contributed by atoms with Crippen LogP contribution in [0.5, 0.6) is 0 Å². The average Bonchev–Trinajstić information content (AvgIpc) is 3.18. The molecule has 5 heteroatoms. The second-order valence-electron chi connectivity index (χ2n) is 7.32. The number of aromatic nitrogens is 1. The summed E-state index contributed by atoms with van der Waals surface area (Å²) in [6.45, 7) is 0.103. The number of nitrogens with zero attached hydrogens (tertiary/aromatic N) is 2. The number of anilines is 1. The maximum Gasteiger partial charge on any atom is 0.254 e. The summed E-state index contributed by atoms with van der Waals surface area (Å²) in [6, 6.07) is 13.9. The van der Waals surface area contributed by atoms with Crippen molar-refractivity contribution in [2.45, 2.75) is 37.8 Å². The van der Waals surface area contributed by atoms with Gasteiger partial charge < -0.3 is 15.7 Å². The fourth-order valence-electron chi connectivity index (χ4n) is 4.75. The molecule has 0 unspecified atom stereocenters. The van der Waals surface area contributed by atoms with E-state index in [9.17, 15) is 9.90 Å². The zero-order chi connectivity index (χ0) is 17.4. The third-order valence-electron chi connectivity index (χ3n) is 5.83. The summed E-state index contributed by atoms with van der Waals surface area (Å²) in [5.74, 6) is 0.361. The van der Waals surface area contributed by atoms with Gasteiger partial charge in [-0.2, -0.15) is 0 Å². The molecule has 2 aromatic rings. The van der Waals surface area contributed by atoms with Crippen LogP contribution >= 0.6 is 0 Å². The topological polar surface area (TPSA) is 79.5 Å². The highest BCUT2D eigenvalue weighted by atomic mass is 16.3. The Morgan fingerprint density at radius 2 is 2.08 bits per heavy atom. The molecule has 130 valence electrons. The smallest absolute Gasteiger partial charge is 0.254 e. The number of hydrogen-bond acceptors (Lipinski definition) is 4. The Morgan fingerprint density at radius 3 is 2.80 bits per heavy atom. The highest BCUT2D eigenvalue weighted by Gasteiger charge is 2.57. The van der Waals surface area contributed by atoms with Crippen molar-refractivity contribution in [1.29, 1.82) is 0 Å². The molecule has 1 amide bonds. The van der Waals surface area contributed by atoms with Gasteiger partial charge in [0.2, 0.25) is 0 Å². The third kappa shape index (κ3) is 2.68. The lowest BCUT2D eigenvalue weighted by Crippen LogP contribution is -2.44. The second-order valence-corrected chi connectivity index (χ2v) is 7.32. The number of nitrogens with two attached hydrogens (primary N) is 1. The minimum Gasteiger partial charge on any atom is -0.396 e. The molecule has 1 aromatic carbocycles. The highest BCUT2D eigenvalue weighted by Crippen LogP contribution is 2.51. The molecule has 2 aliphatic rings. The Bertz CT molecular complexity index is 780. The lowest BCUT2D eigenvalue weighted by molar-refractivity contribution is 0.0571. The molecule has 0 aliphatic carbocycles. The number of hydrogen-bond donors (Lipinski definition) is 2. The van der Waals surface area contributed by atoms with Crippen LogP contribution in [0.4, 0.5) is 5.82 Å². The predicted molar refractivity (Wildman–Crippen MR) is 95.9 cm³/mol. The number of carbonyl (C=O) groups excluding carboxylic acids is 1. The van der Waals surface area contributed by atoms with Crippen molar-refractivity contribution in [2.75, 3.05) is 12.3 Å². The molecular formula is C20H23N3O2. The molecule has 5 nitrogen and oxygen atoms in total. The molecular weight excluding hydrogens is 314 g/mol. The zero-order valence-corrected chi connectivity index (χ0v) is 14.1. The molecule has 1 aromatic heterocycles. The van der Waals surface area contributed by atoms with E-state index in [2.05, 4.69) is 17.1 Å². The van der Waals surface area contributed by atoms with E-state index in [1.807, 2.05) is 23.1 Å². The van der Waals surface area contributed by atoms with Crippen molar-refractivity contribution in [3.63, 3.8) is 0 Å². The predicted octanol–water partition coefficient (Wildman–Crippen LogP) is 2.26. The van der Waals surface area contributed by atoms with E-state index in [-0.39, 0.29) is 30.0 Å². The van der Waals surface area contributed by atoms with E-state index in [0.717, 1.165) is 25.7 Å². The number of rotatable bonds is 4. The third-order valence-corrected chi connectivity index (χ3v) is 5.83. The minimum atomic E-state index is -0.251. The summed E-state index contributed by atoms with van der Waals surface area (Å²) in [7, 11) is 0. The summed E-state index contributed by atoms with van der Waals surface area (Å²) < 4.78 is 0. The summed E-state index contributed by atoms with van der Waals surface area (Å²) in [5, 5.41) is 10.2. The fraction of sp³-hybridized carbons (Fsp3) is 0.400. The number of pyridine rings is 1. The van der Waals surface area contributed by atoms with Crippen LogP contribution in [0.15, 0.2) is 48.7 Å². The quantitative estimate of drug-likeness (QED) is 0.897. The van der Waals surface area contributed by atoms with Gasteiger partial charge >= 0.3 is 0 Å². The summed E-state index contributed by atoms with van der Waals surface area (Å²) in [5.41, 5.74) is 7.28. The SMILES string of the molecule is Nc1cc(C(=O)N2[C@@H]3CC[C@H]2[C@](CO)(Cc2ccccc2)C3)ccn1. The van der Waals surface area contributed by atoms with Crippen molar-refractivity contribution in [1.82, 2.24) is 9.88 Å². The first kappa shape index (κ1) is 16.1. The van der Waals surface area contributed by atoms with E-state index >= 15 is 0 Å². The fourth-order valence-corrected chi connectivity index (χ4v) is 4.75. The first-order valence-corrected chi connectivity index (χ1v) is 8.82. The van der Waals surface area contributed by atoms with Gasteiger partial charge in [0.15, 0.2) is 0 Å². The van der Waals surface area contributed by atoms with Gasteiger partial charge in [-0.25, -0.2) is 4.98 Å². The highest BCUT2D eigenvalue weighted by molar-refractivity contribution is 5.95. The van der Waals surface area contributed by atoms with Crippen molar-refractivity contribution < 1.29 is 9.90 Å². The number of amides is 1. The van der Waals surface area contributed by atoms with Gasteiger partial charge in [0.1, 0.15) is 5.82 Å². The average molecular weight is 337 g/mol. The molecule has 25 heavy (non-hydrogen) atoms. The molecule has 4 rings (SSSR count). The second kappa shape index (κ2) is 6.15. The Labute approximate surface area is 147 Å². The maximum absolute atomic E-state index is 13.1. The summed E-state index contributed by atoms with van der Waals surface area (Å²) >= 11 is 0. The van der Waals surface area contributed by atoms with Gasteiger partial charge in [0.05, 0.1) is 6.61 Å². The van der Waals surface area contributed by atoms with Gasteiger partial charge in [0.25, 0.3) is 5.91 Å². The molecule has 3 heterocycles. The Kier molecular flexibility index (Phi) is 3.96. The number of fused-ring (bicyclic) bond motifs is 2. The van der Waals surface area contributed by atoms with Crippen molar-refractivity contribution in [3.05, 3.63) is 59.8 Å². The number of aliphatic hydroxyl groups excluding tert-OH is 1. The van der Waals surface area contributed by atoms with Crippen LogP contribution in [-0.4, -0.2) is 39.6 Å². The molecule has 2 saturated heterocycles. The first-order chi connectivity index (χ1) is 12.1. The standard InChI is InChI=1S/C20H23N3O2/c21-18-10-15(8-9-22-18)19(25)23-16-6-7-17(23)20(12-16,13-24)11-14-4-2-1-3-5-14/h1-5,8-10,16-17,24H,6-7,11-13H2,(H2,21,22)/t16-,17+,20-/m1/s1. The molecule has 2 aliphatic heterocycles. The number of carbonyl (C=O) groups is 1. The molecule has 0 radical (unpaired) electrons. The van der Waals surface area contributed by atoms with Crippen LogP contribution in [0.3, 0.4) is 0 Å². The van der Waals surface area contributed by atoms with Crippen molar-refractivity contribution in [3.8, 4) is 0 Å². The van der Waals surface area contributed by atoms with E-state index in [0.29, 0.717) is 11.4 Å². The minimum absolute atomic E-state index is 0.00462. The van der Waals surface area contributed by atoms with E-state index in [4.69, 9.17) is 5.73 Å². The maximum atomic E-state index is 13.1. The Hall–Kier alpha value is -2.40. The largest absolute Gasteiger partial charge is 0.396 e. The van der Waals surface area contributed by atoms with Gasteiger partial charge in [-0.3, -0.25) is 4.79 Å². The molecule has 2 fully saturated rings. The molecule has 0 spiro atoms. The van der Waals surface area contributed by atoms with Crippen LogP contribution in [0.2, 0.25) is 0 Å². The van der Waals surface area contributed by atoms with E-state index < -0.39 is 0 Å². The van der Waals surface area contributed by atoms with Crippen molar-refractivity contribution >= 4 is 11.7 Å². The van der Waals surface area contributed by atoms with Gasteiger partial charge in [-0.1, -0.05) is 30.3 Å². The van der Waals surface area contributed by atoms with Crippen LogP contribution in [0, 0.1) is 5.41 Å². The van der Waals surface area contributed by atoms with Gasteiger partial charge in [0, 0.05) is 29.3 Å². The monoisotopic (exact) mass is 337 g/mol. The lowest BCUT2D eigenvalue weighted by atomic mass is 9.70. The van der Waals surface area contributed by atoms with E-state index in [1.165, 1.54) is 5.56 Å². The zero-order valence-electron chi connectivity index (χ0n) is 14.1. The summed E-state index contributed by atoms with van der Waals surface area (Å²) in [4.78, 5) is 19.0. The van der Waals surface area contributed by atoms with Crippen LogP contribution in [0.25, 0.3) is 0 Å². The van der Waals surface area contributed by atoms with Crippen LogP contribution < -0.4 is 5.73 Å². The molecule has 2 bridgehead atoms. The number of nitrogen functional groups attached to an aromatic ring is 1. The number of benzene rings is 1. The van der Waals surface area contributed by atoms with Crippen LogP contribution in [-0.2, 0) is 6.42 Å². The number of aliphatic hydroxyl groups is 1. The molecule has 0 saturated carbocycles. The van der Waals surface area contributed by atoms with Gasteiger partial charge in [-0.05, 0) is 43.4 Å². The Balaban J connectivity index is 1.63.